The molecular formula is C26H38ClN3O4. The van der Waals surface area contributed by atoms with Crippen molar-refractivity contribution in [1.29, 1.82) is 0 Å². The molecule has 1 aromatic carbocycles. The number of rotatable bonds is 10. The molecule has 0 radical (unpaired) electrons. The molecule has 1 atom stereocenters. The Morgan fingerprint density at radius 1 is 1.32 bits per heavy atom. The van der Waals surface area contributed by atoms with Gasteiger partial charge in [0.15, 0.2) is 0 Å². The van der Waals surface area contributed by atoms with Gasteiger partial charge in [0.2, 0.25) is 0 Å². The quantitative estimate of drug-likeness (QED) is 0.527. The van der Waals surface area contributed by atoms with Crippen LogP contribution in [0.5, 0.6) is 0 Å². The molecule has 3 rings (SSSR count). The highest BCUT2D eigenvalue weighted by Crippen LogP contribution is 2.25. The van der Waals surface area contributed by atoms with Gasteiger partial charge in [-0.1, -0.05) is 24.6 Å². The van der Waals surface area contributed by atoms with Crippen LogP contribution in [0, 0.1) is 5.92 Å². The number of β-amino-alcohol motifs (C(OH)–C–C–N with tert-alkyl or cyclic N) is 1. The molecule has 2 aromatic rings. The Kier molecular flexibility index (Phi) is 9.15. The van der Waals surface area contributed by atoms with E-state index in [-0.39, 0.29) is 23.1 Å². The molecule has 1 unspecified atom stereocenters. The van der Waals surface area contributed by atoms with E-state index >= 15 is 0 Å². The minimum atomic E-state index is -0.731. The van der Waals surface area contributed by atoms with Crippen molar-refractivity contribution in [3.05, 3.63) is 45.2 Å². The van der Waals surface area contributed by atoms with E-state index in [0.29, 0.717) is 48.9 Å². The lowest BCUT2D eigenvalue weighted by atomic mass is 9.92. The first-order valence-electron chi connectivity index (χ1n) is 12.2. The number of aromatic nitrogens is 1. The Bertz CT molecular complexity index is 1050. The highest BCUT2D eigenvalue weighted by molar-refractivity contribution is 6.35. The zero-order valence-corrected chi connectivity index (χ0v) is 21.5. The van der Waals surface area contributed by atoms with Crippen molar-refractivity contribution in [2.24, 2.45) is 5.92 Å². The number of hydrogen-bond acceptors (Lipinski definition) is 5. The summed E-state index contributed by atoms with van der Waals surface area (Å²) in [6.45, 7) is 9.31. The van der Waals surface area contributed by atoms with E-state index < -0.39 is 5.60 Å². The number of aliphatic hydroxyl groups is 1. The van der Waals surface area contributed by atoms with Crippen LogP contribution in [-0.4, -0.2) is 66.0 Å². The second-order valence-corrected chi connectivity index (χ2v) is 10.2. The molecule has 34 heavy (non-hydrogen) atoms. The maximum Gasteiger partial charge on any atom is 0.264 e. The van der Waals surface area contributed by atoms with Crippen LogP contribution in [-0.2, 0) is 4.74 Å². The zero-order chi connectivity index (χ0) is 24.9. The van der Waals surface area contributed by atoms with Gasteiger partial charge in [0.1, 0.15) is 5.56 Å². The smallest absolute Gasteiger partial charge is 0.264 e. The summed E-state index contributed by atoms with van der Waals surface area (Å²) in [4.78, 5) is 28.4. The topological polar surface area (TPSA) is 83.8 Å². The molecule has 0 bridgehead atoms. The van der Waals surface area contributed by atoms with Gasteiger partial charge in [-0.25, -0.2) is 0 Å². The van der Waals surface area contributed by atoms with Gasteiger partial charge < -0.3 is 24.6 Å². The zero-order valence-electron chi connectivity index (χ0n) is 20.8. The highest BCUT2D eigenvalue weighted by Gasteiger charge is 2.30. The maximum absolute atomic E-state index is 13.1. The molecule has 1 aromatic heterocycles. The average Bonchev–Trinajstić information content (AvgIpc) is 2.81. The Balaban J connectivity index is 1.62. The molecule has 8 heteroatoms. The monoisotopic (exact) mass is 491 g/mol. The van der Waals surface area contributed by atoms with E-state index in [1.807, 2.05) is 32.9 Å². The molecule has 2 N–H and O–H groups in total. The van der Waals surface area contributed by atoms with Crippen molar-refractivity contribution < 1.29 is 14.6 Å². The van der Waals surface area contributed by atoms with Crippen molar-refractivity contribution in [3.8, 4) is 0 Å². The van der Waals surface area contributed by atoms with Gasteiger partial charge in [0, 0.05) is 49.7 Å². The van der Waals surface area contributed by atoms with Crippen LogP contribution in [0.2, 0.25) is 5.02 Å². The molecule has 1 aliphatic heterocycles. The first-order valence-corrected chi connectivity index (χ1v) is 12.6. The van der Waals surface area contributed by atoms with E-state index in [0.717, 1.165) is 31.4 Å². The summed E-state index contributed by atoms with van der Waals surface area (Å²) >= 11 is 6.38. The second kappa shape index (κ2) is 11.7. The molecule has 1 amide bonds. The predicted molar refractivity (Wildman–Crippen MR) is 137 cm³/mol. The number of likely N-dealkylation sites (tertiary alicyclic amines) is 1. The summed E-state index contributed by atoms with van der Waals surface area (Å²) in [5, 5.41) is 15.0. The van der Waals surface area contributed by atoms with Crippen molar-refractivity contribution >= 4 is 28.4 Å². The molecule has 0 spiro atoms. The fourth-order valence-electron chi connectivity index (χ4n) is 4.76. The standard InChI is InChI=1S/C26H38ClN3O4/c1-5-26(33,11-14-34-4)17-29-12-9-19(10-13-29)16-28-24(31)21-15-20-22(27)7-6-8-23(20)30(18(2)3)25(21)32/h6-8,15,18-19,33H,5,9-14,16-17H2,1-4H3,(H,28,31). The van der Waals surface area contributed by atoms with Gasteiger partial charge in [0.25, 0.3) is 11.5 Å². The molecule has 2 heterocycles. The molecular weight excluding hydrogens is 454 g/mol. The summed E-state index contributed by atoms with van der Waals surface area (Å²) in [5.41, 5.74) is -0.177. The van der Waals surface area contributed by atoms with Gasteiger partial charge >= 0.3 is 0 Å². The van der Waals surface area contributed by atoms with Gasteiger partial charge in [-0.05, 0) is 70.3 Å². The lowest BCUT2D eigenvalue weighted by Gasteiger charge is -2.38. The number of amides is 1. The van der Waals surface area contributed by atoms with E-state index in [2.05, 4.69) is 10.2 Å². The summed E-state index contributed by atoms with van der Waals surface area (Å²) in [6, 6.07) is 6.95. The third-order valence-corrected chi connectivity index (χ3v) is 7.32. The number of ether oxygens (including phenoxy) is 1. The SMILES string of the molecule is CCC(O)(CCOC)CN1CCC(CNC(=O)c2cc3c(Cl)cccc3n(C(C)C)c2=O)CC1. The minimum absolute atomic E-state index is 0.101. The highest BCUT2D eigenvalue weighted by atomic mass is 35.5. The number of fused-ring (bicyclic) bond motifs is 1. The number of nitrogens with zero attached hydrogens (tertiary/aromatic N) is 2. The number of benzene rings is 1. The van der Waals surface area contributed by atoms with Crippen LogP contribution in [0.15, 0.2) is 29.1 Å². The molecule has 188 valence electrons. The lowest BCUT2D eigenvalue weighted by molar-refractivity contribution is -0.0296. The van der Waals surface area contributed by atoms with E-state index in [4.69, 9.17) is 16.3 Å². The number of hydrogen-bond donors (Lipinski definition) is 2. The van der Waals surface area contributed by atoms with Gasteiger partial charge in [-0.2, -0.15) is 0 Å². The van der Waals surface area contributed by atoms with Crippen molar-refractivity contribution in [2.45, 2.75) is 58.1 Å². The number of carbonyl (C=O) groups is 1. The first kappa shape index (κ1) is 26.7. The summed E-state index contributed by atoms with van der Waals surface area (Å²) in [7, 11) is 1.65. The van der Waals surface area contributed by atoms with Gasteiger partial charge in [-0.3, -0.25) is 9.59 Å². The van der Waals surface area contributed by atoms with Gasteiger partial charge in [0.05, 0.1) is 11.1 Å². The normalized spacial score (nSPS) is 17.3. The number of nitrogens with one attached hydrogen (secondary N) is 1. The van der Waals surface area contributed by atoms with Crippen molar-refractivity contribution in [2.75, 3.05) is 39.9 Å². The number of carbonyl (C=O) groups excluding carboxylic acids is 1. The molecule has 1 saturated heterocycles. The molecule has 1 aliphatic rings. The first-order chi connectivity index (χ1) is 16.2. The maximum atomic E-state index is 13.1. The summed E-state index contributed by atoms with van der Waals surface area (Å²) < 4.78 is 6.78. The Labute approximate surface area is 207 Å². The molecule has 1 fully saturated rings. The van der Waals surface area contributed by atoms with Gasteiger partial charge in [-0.15, -0.1) is 0 Å². The van der Waals surface area contributed by atoms with E-state index in [1.54, 1.807) is 23.8 Å². The molecule has 0 aliphatic carbocycles. The third kappa shape index (κ3) is 6.19. The van der Waals surface area contributed by atoms with Crippen LogP contribution < -0.4 is 10.9 Å². The Morgan fingerprint density at radius 3 is 2.65 bits per heavy atom. The fraction of sp³-hybridized carbons (Fsp3) is 0.615. The summed E-state index contributed by atoms with van der Waals surface area (Å²) in [5.74, 6) is -0.0196. The van der Waals surface area contributed by atoms with Crippen LogP contribution in [0.4, 0.5) is 0 Å². The molecule has 7 nitrogen and oxygen atoms in total. The fourth-order valence-corrected chi connectivity index (χ4v) is 4.98. The van der Waals surface area contributed by atoms with E-state index in [1.165, 1.54) is 0 Å². The molecule has 0 saturated carbocycles. The van der Waals surface area contributed by atoms with Crippen molar-refractivity contribution in [1.82, 2.24) is 14.8 Å². The van der Waals surface area contributed by atoms with Crippen LogP contribution in [0.3, 0.4) is 0 Å². The van der Waals surface area contributed by atoms with Crippen LogP contribution in [0.1, 0.15) is 62.9 Å². The minimum Gasteiger partial charge on any atom is -0.388 e. The number of piperidine rings is 1. The third-order valence-electron chi connectivity index (χ3n) is 6.99. The predicted octanol–water partition coefficient (Wildman–Crippen LogP) is 3.86. The Morgan fingerprint density at radius 2 is 2.03 bits per heavy atom. The number of methoxy groups -OCH3 is 1. The summed E-state index contributed by atoms with van der Waals surface area (Å²) in [6.07, 6.45) is 3.18. The van der Waals surface area contributed by atoms with Crippen LogP contribution >= 0.6 is 11.6 Å². The number of halogens is 1. The van der Waals surface area contributed by atoms with Crippen LogP contribution in [0.25, 0.3) is 10.9 Å². The van der Waals surface area contributed by atoms with Crippen molar-refractivity contribution in [3.63, 3.8) is 0 Å². The Hall–Kier alpha value is -1.93. The number of pyridine rings is 1. The largest absolute Gasteiger partial charge is 0.388 e. The second-order valence-electron chi connectivity index (χ2n) is 9.75. The lowest BCUT2D eigenvalue weighted by Crippen LogP contribution is -2.47. The van der Waals surface area contributed by atoms with E-state index in [9.17, 15) is 14.7 Å². The average molecular weight is 492 g/mol.